The summed E-state index contributed by atoms with van der Waals surface area (Å²) < 4.78 is 68.5. The van der Waals surface area contributed by atoms with Crippen molar-refractivity contribution >= 4 is 39.5 Å². The number of rotatable bonds is 75. The van der Waals surface area contributed by atoms with Gasteiger partial charge in [0.05, 0.1) is 26.4 Å². The van der Waals surface area contributed by atoms with Crippen LogP contribution in [0.4, 0.5) is 0 Å². The third-order valence-electron chi connectivity index (χ3n) is 16.8. The zero-order chi connectivity index (χ0) is 73.2. The van der Waals surface area contributed by atoms with Crippen LogP contribution in [-0.2, 0) is 65.4 Å². The minimum Gasteiger partial charge on any atom is -0.462 e. The van der Waals surface area contributed by atoms with E-state index in [1.54, 1.807) is 0 Å². The standard InChI is InChI=1S/C81H144O17P2/c1-5-9-13-17-21-25-29-33-36-37-40-44-48-52-56-60-64-68-81(86)98-76(71-91-78(83)65-61-57-53-49-45-41-32-28-24-20-16-12-8-4)73-95-99(87,88)93-69-75(82)70-94-100(89,90)96-74-77(97-80(85)67-63-59-55-51-47-43-39-35-31-27-23-19-15-11-7-3)72-92-79(84)66-62-58-54-50-46-42-38-34-30-26-22-18-14-10-6-2/h21,23,25,27,33-36,38-40,44,52,56,75-77,82H,5-20,22,24,26,28-32,37,41-43,45-51,53-55,57-74H2,1-4H3,(H,87,88)(H,89,90)/b25-21-,27-23-,36-33-,38-34-,39-35-,44-40-,56-52-/t75-,76-,77-/m1/s1. The number of allylic oxidation sites excluding steroid dienone is 14. The molecule has 580 valence electrons. The van der Waals surface area contributed by atoms with E-state index >= 15 is 0 Å². The number of hydrogen-bond acceptors (Lipinski definition) is 15. The number of esters is 4. The summed E-state index contributed by atoms with van der Waals surface area (Å²) in [5.74, 6) is -2.24. The van der Waals surface area contributed by atoms with Gasteiger partial charge in [-0.15, -0.1) is 0 Å². The highest BCUT2D eigenvalue weighted by molar-refractivity contribution is 7.47. The van der Waals surface area contributed by atoms with Gasteiger partial charge in [-0.2, -0.15) is 0 Å². The molecule has 0 aliphatic rings. The van der Waals surface area contributed by atoms with E-state index in [9.17, 15) is 43.2 Å². The molecule has 0 radical (unpaired) electrons. The Morgan fingerprint density at radius 2 is 0.500 bits per heavy atom. The fourth-order valence-electron chi connectivity index (χ4n) is 10.7. The topological polar surface area (TPSA) is 237 Å². The van der Waals surface area contributed by atoms with Gasteiger partial charge in [0.25, 0.3) is 0 Å². The van der Waals surface area contributed by atoms with E-state index in [1.165, 1.54) is 135 Å². The van der Waals surface area contributed by atoms with Gasteiger partial charge >= 0.3 is 39.5 Å². The van der Waals surface area contributed by atoms with Crippen molar-refractivity contribution in [3.8, 4) is 0 Å². The van der Waals surface area contributed by atoms with Crippen LogP contribution in [0.5, 0.6) is 0 Å². The van der Waals surface area contributed by atoms with Crippen LogP contribution in [0.2, 0.25) is 0 Å². The molecule has 0 aliphatic heterocycles. The number of ether oxygens (including phenoxy) is 4. The van der Waals surface area contributed by atoms with E-state index in [2.05, 4.69) is 101 Å². The fourth-order valence-corrected chi connectivity index (χ4v) is 12.3. The van der Waals surface area contributed by atoms with E-state index < -0.39 is 97.5 Å². The van der Waals surface area contributed by atoms with Crippen molar-refractivity contribution in [3.05, 3.63) is 85.1 Å². The molecule has 0 aromatic rings. The third-order valence-corrected chi connectivity index (χ3v) is 18.7. The number of unbranched alkanes of at least 4 members (excludes halogenated alkanes) is 35. The molecule has 0 spiro atoms. The molecule has 0 amide bonds. The molecule has 0 aliphatic carbocycles. The molecule has 0 saturated carbocycles. The number of hydrogen-bond donors (Lipinski definition) is 3. The average molecular weight is 1450 g/mol. The molecule has 0 rings (SSSR count). The van der Waals surface area contributed by atoms with Crippen molar-refractivity contribution in [1.82, 2.24) is 0 Å². The Kier molecular flexibility index (Phi) is 70.8. The van der Waals surface area contributed by atoms with Gasteiger partial charge in [-0.1, -0.05) is 286 Å². The maximum atomic E-state index is 13.1. The van der Waals surface area contributed by atoms with Gasteiger partial charge in [0.1, 0.15) is 19.3 Å². The summed E-state index contributed by atoms with van der Waals surface area (Å²) in [7, 11) is -9.97. The molecule has 5 atom stereocenters. The van der Waals surface area contributed by atoms with Gasteiger partial charge < -0.3 is 33.8 Å². The lowest BCUT2D eigenvalue weighted by Gasteiger charge is -2.21. The number of phosphoric acid groups is 2. The Morgan fingerprint density at radius 1 is 0.280 bits per heavy atom. The molecule has 0 heterocycles. The Labute approximate surface area is 608 Å². The first-order valence-electron chi connectivity index (χ1n) is 39.8. The van der Waals surface area contributed by atoms with Crippen LogP contribution in [0.3, 0.4) is 0 Å². The summed E-state index contributed by atoms with van der Waals surface area (Å²) >= 11 is 0. The summed E-state index contributed by atoms with van der Waals surface area (Å²) in [6.07, 6.45) is 75.7. The van der Waals surface area contributed by atoms with Crippen LogP contribution in [0.1, 0.15) is 349 Å². The molecule has 100 heavy (non-hydrogen) atoms. The first-order valence-corrected chi connectivity index (χ1v) is 42.8. The van der Waals surface area contributed by atoms with Crippen molar-refractivity contribution in [1.29, 1.82) is 0 Å². The van der Waals surface area contributed by atoms with Crippen molar-refractivity contribution in [2.75, 3.05) is 39.6 Å². The molecule has 0 saturated heterocycles. The largest absolute Gasteiger partial charge is 0.472 e. The van der Waals surface area contributed by atoms with Gasteiger partial charge in [0.2, 0.25) is 0 Å². The van der Waals surface area contributed by atoms with Gasteiger partial charge in [0, 0.05) is 25.7 Å². The van der Waals surface area contributed by atoms with Gasteiger partial charge in [-0.05, 0) is 122 Å². The Morgan fingerprint density at radius 3 is 0.820 bits per heavy atom. The van der Waals surface area contributed by atoms with Crippen molar-refractivity contribution in [3.63, 3.8) is 0 Å². The first kappa shape index (κ1) is 96.2. The summed E-state index contributed by atoms with van der Waals surface area (Å²) in [5.41, 5.74) is 0. The number of carbonyl (C=O) groups excluding carboxylic acids is 4. The number of carbonyl (C=O) groups is 4. The van der Waals surface area contributed by atoms with Crippen molar-refractivity contribution in [2.45, 2.75) is 367 Å². The number of aliphatic hydroxyl groups is 1. The molecular formula is C81H144O17P2. The summed E-state index contributed by atoms with van der Waals surface area (Å²) in [4.78, 5) is 72.9. The normalized spacial score (nSPS) is 14.3. The maximum absolute atomic E-state index is 13.1. The smallest absolute Gasteiger partial charge is 0.462 e. The molecule has 17 nitrogen and oxygen atoms in total. The minimum absolute atomic E-state index is 0.0217. The van der Waals surface area contributed by atoms with Crippen LogP contribution >= 0.6 is 15.6 Å². The van der Waals surface area contributed by atoms with Gasteiger partial charge in [0.15, 0.2) is 12.2 Å². The molecule has 0 fully saturated rings. The van der Waals surface area contributed by atoms with Gasteiger partial charge in [-0.3, -0.25) is 37.3 Å². The van der Waals surface area contributed by atoms with Crippen LogP contribution in [-0.4, -0.2) is 96.7 Å². The minimum atomic E-state index is -4.99. The van der Waals surface area contributed by atoms with Crippen LogP contribution < -0.4 is 0 Å². The second-order valence-electron chi connectivity index (χ2n) is 26.7. The summed E-state index contributed by atoms with van der Waals surface area (Å²) in [6, 6.07) is 0. The fraction of sp³-hybridized carbons (Fsp3) is 0.778. The second kappa shape index (κ2) is 73.5. The van der Waals surface area contributed by atoms with E-state index in [4.69, 9.17) is 37.0 Å². The zero-order valence-corrected chi connectivity index (χ0v) is 65.2. The monoisotopic (exact) mass is 1450 g/mol. The van der Waals surface area contributed by atoms with Crippen LogP contribution in [0, 0.1) is 0 Å². The van der Waals surface area contributed by atoms with E-state index in [0.29, 0.717) is 32.1 Å². The SMILES string of the molecule is CCCCC/C=C\C/C=C\C/C=C\C/C=C\CCCC(=O)O[C@H](COC(=O)CCCCCCCCCCCCCCC)COP(=O)(O)OC[C@@H](O)COP(=O)(O)OC[C@@H](COC(=O)CCCCCCC/C=C\CCCCCCCC)OC(=O)CCCCCCC/C=C\C/C=C\CCCCC. The lowest BCUT2D eigenvalue weighted by atomic mass is 10.0. The summed E-state index contributed by atoms with van der Waals surface area (Å²) in [6.45, 7) is 4.77. The Bertz CT molecular complexity index is 2230. The average Bonchev–Trinajstić information content (AvgIpc) is 1.13. The Balaban J connectivity index is 5.40. The van der Waals surface area contributed by atoms with Crippen molar-refractivity contribution in [2.24, 2.45) is 0 Å². The molecule has 0 bridgehead atoms. The third kappa shape index (κ3) is 72.6. The van der Waals surface area contributed by atoms with Gasteiger partial charge in [-0.25, -0.2) is 9.13 Å². The molecule has 0 aromatic heterocycles. The van der Waals surface area contributed by atoms with E-state index in [-0.39, 0.29) is 25.7 Å². The summed E-state index contributed by atoms with van der Waals surface area (Å²) in [5, 5.41) is 10.6. The zero-order valence-electron chi connectivity index (χ0n) is 63.4. The molecule has 3 N–H and O–H groups in total. The highest BCUT2D eigenvalue weighted by Gasteiger charge is 2.30. The molecule has 0 aromatic carbocycles. The predicted molar refractivity (Wildman–Crippen MR) is 409 cm³/mol. The lowest BCUT2D eigenvalue weighted by Crippen LogP contribution is -2.30. The van der Waals surface area contributed by atoms with Crippen LogP contribution in [0.15, 0.2) is 85.1 Å². The second-order valence-corrected chi connectivity index (χ2v) is 29.6. The van der Waals surface area contributed by atoms with Crippen molar-refractivity contribution < 1.29 is 80.2 Å². The predicted octanol–water partition coefficient (Wildman–Crippen LogP) is 23.0. The highest BCUT2D eigenvalue weighted by atomic mass is 31.2. The highest BCUT2D eigenvalue weighted by Crippen LogP contribution is 2.45. The van der Waals surface area contributed by atoms with E-state index in [1.807, 2.05) is 12.2 Å². The maximum Gasteiger partial charge on any atom is 0.472 e. The molecule has 2 unspecified atom stereocenters. The van der Waals surface area contributed by atoms with Crippen LogP contribution in [0.25, 0.3) is 0 Å². The Hall–Kier alpha value is -3.76. The number of aliphatic hydroxyl groups excluding tert-OH is 1. The quantitative estimate of drug-likeness (QED) is 0.0169. The van der Waals surface area contributed by atoms with E-state index in [0.717, 1.165) is 128 Å². The lowest BCUT2D eigenvalue weighted by molar-refractivity contribution is -0.161. The first-order chi connectivity index (χ1) is 48.7. The number of phosphoric ester groups is 2. The molecule has 19 heteroatoms. The molecular weight excluding hydrogens is 1310 g/mol.